The highest BCUT2D eigenvalue weighted by molar-refractivity contribution is 5.76. The van der Waals surface area contributed by atoms with Crippen LogP contribution >= 0.6 is 0 Å². The molecule has 0 unspecified atom stereocenters. The molecule has 19 heavy (non-hydrogen) atoms. The van der Waals surface area contributed by atoms with Crippen LogP contribution in [0.15, 0.2) is 18.2 Å². The van der Waals surface area contributed by atoms with Crippen LogP contribution in [0.2, 0.25) is 0 Å². The van der Waals surface area contributed by atoms with Crippen LogP contribution in [0.3, 0.4) is 0 Å². The first kappa shape index (κ1) is 15.7. The minimum Gasteiger partial charge on any atom is -0.388 e. The summed E-state index contributed by atoms with van der Waals surface area (Å²) in [6.07, 6.45) is 0.606. The Hall–Kier alpha value is -1.39. The third-order valence-corrected chi connectivity index (χ3v) is 3.29. The molecule has 0 aromatic heterocycles. The van der Waals surface area contributed by atoms with Crippen LogP contribution < -0.4 is 5.73 Å². The summed E-state index contributed by atoms with van der Waals surface area (Å²) in [6, 6.07) is 6.54. The zero-order chi connectivity index (χ0) is 14.3. The molecule has 0 fully saturated rings. The average Bonchev–Trinajstić information content (AvgIpc) is 2.37. The molecule has 106 valence electrons. The number of hydrogen-bond acceptors (Lipinski definition) is 3. The highest BCUT2D eigenvalue weighted by Gasteiger charge is 2.07. The van der Waals surface area contributed by atoms with Gasteiger partial charge in [-0.15, -0.1) is 0 Å². The number of aryl methyl sites for hydroxylation is 2. The van der Waals surface area contributed by atoms with E-state index in [2.05, 4.69) is 36.9 Å². The van der Waals surface area contributed by atoms with Gasteiger partial charge in [0.25, 0.3) is 0 Å². The van der Waals surface area contributed by atoms with Gasteiger partial charge in [-0.25, -0.2) is 0 Å². The maximum Gasteiger partial charge on any atom is 0.0918 e. The fraction of sp³-hybridized carbons (Fsp3) is 0.533. The van der Waals surface area contributed by atoms with Gasteiger partial charge in [0.1, 0.15) is 0 Å². The molecule has 4 nitrogen and oxygen atoms in total. The van der Waals surface area contributed by atoms with Crippen molar-refractivity contribution in [2.75, 3.05) is 26.8 Å². The summed E-state index contributed by atoms with van der Waals surface area (Å²) in [6.45, 7) is 7.48. The number of nitrogens with one attached hydrogen (secondary N) is 1. The largest absolute Gasteiger partial charge is 0.388 e. The number of nitrogens with zero attached hydrogens (tertiary/aromatic N) is 1. The van der Waals surface area contributed by atoms with Gasteiger partial charge in [-0.05, 0) is 30.5 Å². The maximum atomic E-state index is 7.33. The molecule has 0 radical (unpaired) electrons. The number of nitrogens with two attached hydrogens (primary N) is 1. The minimum atomic E-state index is 0.238. The van der Waals surface area contributed by atoms with Crippen LogP contribution in [0.4, 0.5) is 0 Å². The predicted octanol–water partition coefficient (Wildman–Crippen LogP) is 2.08. The smallest absolute Gasteiger partial charge is 0.0918 e. The van der Waals surface area contributed by atoms with E-state index in [0.29, 0.717) is 13.0 Å². The second-order valence-corrected chi connectivity index (χ2v) is 4.96. The zero-order valence-electron chi connectivity index (χ0n) is 12.2. The Labute approximate surface area is 116 Å². The Morgan fingerprint density at radius 1 is 1.26 bits per heavy atom. The Morgan fingerprint density at radius 2 is 2.00 bits per heavy atom. The molecule has 1 aromatic carbocycles. The third kappa shape index (κ3) is 5.85. The van der Waals surface area contributed by atoms with E-state index >= 15 is 0 Å². The van der Waals surface area contributed by atoms with Crippen molar-refractivity contribution in [1.82, 2.24) is 4.90 Å². The lowest BCUT2D eigenvalue weighted by Crippen LogP contribution is -2.30. The van der Waals surface area contributed by atoms with Crippen LogP contribution in [0.5, 0.6) is 0 Å². The molecular weight excluding hydrogens is 238 g/mol. The van der Waals surface area contributed by atoms with Gasteiger partial charge in [-0.2, -0.15) is 0 Å². The molecule has 1 rings (SSSR count). The summed E-state index contributed by atoms with van der Waals surface area (Å²) >= 11 is 0. The van der Waals surface area contributed by atoms with Crippen molar-refractivity contribution >= 4 is 5.84 Å². The topological polar surface area (TPSA) is 62.3 Å². The molecule has 3 N–H and O–H groups in total. The first-order valence-electron chi connectivity index (χ1n) is 6.63. The molecular formula is C15H25N3O. The zero-order valence-corrected chi connectivity index (χ0v) is 12.2. The highest BCUT2D eigenvalue weighted by Crippen LogP contribution is 2.12. The fourth-order valence-corrected chi connectivity index (χ4v) is 1.93. The van der Waals surface area contributed by atoms with E-state index in [1.807, 2.05) is 0 Å². The van der Waals surface area contributed by atoms with Crippen LogP contribution in [0.1, 0.15) is 23.1 Å². The molecule has 0 aliphatic heterocycles. The average molecular weight is 263 g/mol. The summed E-state index contributed by atoms with van der Waals surface area (Å²) < 4.78 is 5.13. The van der Waals surface area contributed by atoms with Crippen LogP contribution in [-0.4, -0.2) is 37.5 Å². The van der Waals surface area contributed by atoms with E-state index in [1.54, 1.807) is 7.11 Å². The molecule has 0 heterocycles. The summed E-state index contributed by atoms with van der Waals surface area (Å²) in [7, 11) is 1.71. The molecule has 4 heteroatoms. The van der Waals surface area contributed by atoms with Gasteiger partial charge < -0.3 is 10.5 Å². The fourth-order valence-electron chi connectivity index (χ4n) is 1.93. The number of benzene rings is 1. The van der Waals surface area contributed by atoms with E-state index in [-0.39, 0.29) is 5.84 Å². The van der Waals surface area contributed by atoms with Crippen molar-refractivity contribution in [3.8, 4) is 0 Å². The monoisotopic (exact) mass is 263 g/mol. The lowest BCUT2D eigenvalue weighted by atomic mass is 10.1. The van der Waals surface area contributed by atoms with Gasteiger partial charge in [-0.3, -0.25) is 10.3 Å². The van der Waals surface area contributed by atoms with Gasteiger partial charge in [-0.1, -0.05) is 18.2 Å². The number of ether oxygens (including phenoxy) is 1. The lowest BCUT2D eigenvalue weighted by molar-refractivity contribution is 0.145. The SMILES string of the molecule is COCCN(CCC(=N)N)Cc1ccc(C)c(C)c1. The van der Waals surface area contributed by atoms with Gasteiger partial charge >= 0.3 is 0 Å². The minimum absolute atomic E-state index is 0.238. The summed E-state index contributed by atoms with van der Waals surface area (Å²) in [5, 5.41) is 7.33. The van der Waals surface area contributed by atoms with Crippen molar-refractivity contribution in [2.24, 2.45) is 5.73 Å². The first-order valence-corrected chi connectivity index (χ1v) is 6.63. The maximum absolute atomic E-state index is 7.33. The molecule has 0 amide bonds. The van der Waals surface area contributed by atoms with Crippen LogP contribution in [-0.2, 0) is 11.3 Å². The number of methoxy groups -OCH3 is 1. The quantitative estimate of drug-likeness (QED) is 0.557. The van der Waals surface area contributed by atoms with Gasteiger partial charge in [0.2, 0.25) is 0 Å². The predicted molar refractivity (Wildman–Crippen MR) is 79.6 cm³/mol. The summed E-state index contributed by atoms with van der Waals surface area (Å²) in [5.74, 6) is 0.238. The molecule has 0 bridgehead atoms. The van der Waals surface area contributed by atoms with Gasteiger partial charge in [0.05, 0.1) is 12.4 Å². The van der Waals surface area contributed by atoms with Gasteiger partial charge in [0, 0.05) is 33.2 Å². The highest BCUT2D eigenvalue weighted by atomic mass is 16.5. The Morgan fingerprint density at radius 3 is 2.58 bits per heavy atom. The van der Waals surface area contributed by atoms with E-state index in [0.717, 1.165) is 19.6 Å². The van der Waals surface area contributed by atoms with E-state index in [4.69, 9.17) is 15.9 Å². The standard InChI is InChI=1S/C15H25N3O/c1-12-4-5-14(10-13(12)2)11-18(8-9-19-3)7-6-15(16)17/h4-5,10H,6-9,11H2,1-3H3,(H3,16,17). The summed E-state index contributed by atoms with van der Waals surface area (Å²) in [4.78, 5) is 2.27. The van der Waals surface area contributed by atoms with Crippen molar-refractivity contribution in [2.45, 2.75) is 26.8 Å². The normalized spacial score (nSPS) is 10.9. The Bertz CT molecular complexity index is 418. The Balaban J connectivity index is 2.63. The van der Waals surface area contributed by atoms with Crippen molar-refractivity contribution in [3.05, 3.63) is 34.9 Å². The van der Waals surface area contributed by atoms with Crippen LogP contribution in [0.25, 0.3) is 0 Å². The second-order valence-electron chi connectivity index (χ2n) is 4.96. The van der Waals surface area contributed by atoms with Crippen molar-refractivity contribution in [1.29, 1.82) is 5.41 Å². The number of amidine groups is 1. The molecule has 0 saturated carbocycles. The Kier molecular flexibility index (Phi) is 6.53. The van der Waals surface area contributed by atoms with Crippen LogP contribution in [0, 0.1) is 19.3 Å². The molecule has 1 aromatic rings. The van der Waals surface area contributed by atoms with Crippen molar-refractivity contribution in [3.63, 3.8) is 0 Å². The molecule has 0 saturated heterocycles. The number of hydrogen-bond donors (Lipinski definition) is 2. The van der Waals surface area contributed by atoms with E-state index in [1.165, 1.54) is 16.7 Å². The molecule has 0 atom stereocenters. The first-order chi connectivity index (χ1) is 9.02. The lowest BCUT2D eigenvalue weighted by Gasteiger charge is -2.22. The second kappa shape index (κ2) is 7.92. The molecule has 0 spiro atoms. The van der Waals surface area contributed by atoms with E-state index in [9.17, 15) is 0 Å². The van der Waals surface area contributed by atoms with Gasteiger partial charge in [0.15, 0.2) is 0 Å². The summed E-state index contributed by atoms with van der Waals surface area (Å²) in [5.41, 5.74) is 9.36. The number of rotatable bonds is 8. The third-order valence-electron chi connectivity index (χ3n) is 3.29. The molecule has 0 aliphatic rings. The molecule has 0 aliphatic carbocycles. The van der Waals surface area contributed by atoms with Crippen molar-refractivity contribution < 1.29 is 4.74 Å². The van der Waals surface area contributed by atoms with E-state index < -0.39 is 0 Å².